The highest BCUT2D eigenvalue weighted by Crippen LogP contribution is 2.21. The van der Waals surface area contributed by atoms with Crippen LogP contribution in [0.4, 0.5) is 0 Å². The normalized spacial score (nSPS) is 22.7. The Morgan fingerprint density at radius 3 is 2.50 bits per heavy atom. The van der Waals surface area contributed by atoms with Crippen molar-refractivity contribution < 1.29 is 9.53 Å². The maximum absolute atomic E-state index is 12.4. The molecule has 0 spiro atoms. The molecule has 0 saturated carbocycles. The van der Waals surface area contributed by atoms with Gasteiger partial charge in [-0.15, -0.1) is 0 Å². The van der Waals surface area contributed by atoms with Crippen LogP contribution in [0.25, 0.3) is 11.2 Å². The third-order valence-electron chi connectivity index (χ3n) is 4.86. The van der Waals surface area contributed by atoms with Gasteiger partial charge in [-0.1, -0.05) is 0 Å². The van der Waals surface area contributed by atoms with Crippen molar-refractivity contribution in [3.05, 3.63) is 26.7 Å². The highest BCUT2D eigenvalue weighted by Gasteiger charge is 2.27. The lowest BCUT2D eigenvalue weighted by atomic mass is 10.2. The van der Waals surface area contributed by atoms with Crippen LogP contribution in [0.15, 0.2) is 9.59 Å². The molecule has 1 aliphatic heterocycles. The van der Waals surface area contributed by atoms with E-state index < -0.39 is 17.3 Å². The minimum absolute atomic E-state index is 0.0810. The number of morpholine rings is 1. The number of fused-ring (bicyclic) bond motifs is 1. The number of imidazole rings is 1. The number of hydrogen-bond acceptors (Lipinski definition) is 6. The van der Waals surface area contributed by atoms with E-state index in [0.717, 1.165) is 13.1 Å². The number of rotatable bonds is 4. The fraction of sp³-hybridized carbons (Fsp3) is 0.647. The van der Waals surface area contributed by atoms with E-state index in [0.29, 0.717) is 12.4 Å². The van der Waals surface area contributed by atoms with Crippen LogP contribution in [0.1, 0.15) is 39.6 Å². The van der Waals surface area contributed by atoms with Gasteiger partial charge in [0.15, 0.2) is 16.9 Å². The average Bonchev–Trinajstić information content (AvgIpc) is 2.90. The van der Waals surface area contributed by atoms with Crippen LogP contribution in [-0.4, -0.2) is 55.1 Å². The minimum atomic E-state index is -0.551. The molecule has 0 aliphatic carbocycles. The lowest BCUT2D eigenvalue weighted by molar-refractivity contribution is -0.119. The fourth-order valence-electron chi connectivity index (χ4n) is 3.57. The predicted molar refractivity (Wildman–Crippen MR) is 96.3 cm³/mol. The van der Waals surface area contributed by atoms with Crippen LogP contribution in [0, 0.1) is 0 Å². The van der Waals surface area contributed by atoms with Crippen molar-refractivity contribution in [2.24, 2.45) is 7.05 Å². The molecule has 9 nitrogen and oxygen atoms in total. The molecule has 0 aromatic carbocycles. The minimum Gasteiger partial charge on any atom is -0.373 e. The molecule has 9 heteroatoms. The zero-order valence-electron chi connectivity index (χ0n) is 15.8. The van der Waals surface area contributed by atoms with E-state index in [1.54, 1.807) is 18.5 Å². The van der Waals surface area contributed by atoms with Gasteiger partial charge in [0.2, 0.25) is 0 Å². The van der Waals surface area contributed by atoms with E-state index in [4.69, 9.17) is 4.74 Å². The number of H-pyrrole nitrogens is 1. The molecule has 2 aromatic rings. The summed E-state index contributed by atoms with van der Waals surface area (Å²) in [5, 5.41) is 0. The summed E-state index contributed by atoms with van der Waals surface area (Å²) in [5.74, 6) is 0.512. The number of ether oxygens (including phenoxy) is 1. The quantitative estimate of drug-likeness (QED) is 0.832. The number of ketones is 1. The molecule has 1 aliphatic rings. The molecular weight excluding hydrogens is 338 g/mol. The number of aromatic nitrogens is 4. The molecule has 0 unspecified atom stereocenters. The second-order valence-corrected chi connectivity index (χ2v) is 7.13. The van der Waals surface area contributed by atoms with Gasteiger partial charge in [-0.3, -0.25) is 24.0 Å². The first kappa shape index (κ1) is 18.5. The second-order valence-electron chi connectivity index (χ2n) is 7.13. The summed E-state index contributed by atoms with van der Waals surface area (Å²) < 4.78 is 8.71. The summed E-state index contributed by atoms with van der Waals surface area (Å²) in [4.78, 5) is 45.4. The SMILES string of the molecule is CC(=O)[C@H](C)n1c(CN2C[C@@H](C)O[C@H](C)C2)nc2c1c(=O)[nH]c(=O)n2C. The van der Waals surface area contributed by atoms with Crippen LogP contribution in [0.3, 0.4) is 0 Å². The number of nitrogens with one attached hydrogen (secondary N) is 1. The second kappa shape index (κ2) is 6.81. The number of hydrogen-bond donors (Lipinski definition) is 1. The van der Waals surface area contributed by atoms with Crippen molar-refractivity contribution in [1.82, 2.24) is 24.0 Å². The van der Waals surface area contributed by atoms with Crippen LogP contribution >= 0.6 is 0 Å². The van der Waals surface area contributed by atoms with Gasteiger partial charge >= 0.3 is 5.69 Å². The summed E-state index contributed by atoms with van der Waals surface area (Å²) in [6.45, 7) is 9.18. The van der Waals surface area contributed by atoms with Crippen LogP contribution < -0.4 is 11.2 Å². The number of nitrogens with zero attached hydrogens (tertiary/aromatic N) is 4. The molecule has 1 fully saturated rings. The molecule has 1 N–H and O–H groups in total. The number of carbonyl (C=O) groups is 1. The Hall–Kier alpha value is -2.26. The van der Waals surface area contributed by atoms with Crippen molar-refractivity contribution in [1.29, 1.82) is 0 Å². The third kappa shape index (κ3) is 3.24. The molecule has 142 valence electrons. The maximum atomic E-state index is 12.4. The Kier molecular flexibility index (Phi) is 4.85. The first-order valence-corrected chi connectivity index (χ1v) is 8.77. The van der Waals surface area contributed by atoms with Gasteiger partial charge in [-0.25, -0.2) is 9.78 Å². The standard InChI is InChI=1S/C17H25N5O4/c1-9-6-21(7-10(2)26-9)8-13-18-15-14(22(13)11(3)12(4)23)16(24)19-17(25)20(15)5/h9-11H,6-8H2,1-5H3,(H,19,24,25)/t9-,10-,11+/m1/s1. The Morgan fingerprint density at radius 2 is 1.92 bits per heavy atom. The van der Waals surface area contributed by atoms with E-state index >= 15 is 0 Å². The molecule has 0 bridgehead atoms. The van der Waals surface area contributed by atoms with Gasteiger partial charge < -0.3 is 9.30 Å². The van der Waals surface area contributed by atoms with E-state index in [-0.39, 0.29) is 29.2 Å². The number of aromatic amines is 1. The van der Waals surface area contributed by atoms with Gasteiger partial charge in [0.1, 0.15) is 5.82 Å². The molecule has 0 amide bonds. The molecule has 26 heavy (non-hydrogen) atoms. The third-order valence-corrected chi connectivity index (χ3v) is 4.86. The van der Waals surface area contributed by atoms with Crippen molar-refractivity contribution in [2.75, 3.05) is 13.1 Å². The largest absolute Gasteiger partial charge is 0.373 e. The molecule has 1 saturated heterocycles. The molecule has 0 radical (unpaired) electrons. The summed E-state index contributed by atoms with van der Waals surface area (Å²) in [6.07, 6.45) is 0.184. The topological polar surface area (TPSA) is 102 Å². The summed E-state index contributed by atoms with van der Waals surface area (Å²) in [7, 11) is 1.55. The molecular formula is C17H25N5O4. The molecule has 3 rings (SSSR count). The highest BCUT2D eigenvalue weighted by molar-refractivity contribution is 5.82. The number of carbonyl (C=O) groups excluding carboxylic acids is 1. The van der Waals surface area contributed by atoms with Gasteiger partial charge in [-0.05, 0) is 27.7 Å². The van der Waals surface area contributed by atoms with Crippen molar-refractivity contribution in [2.45, 2.75) is 52.5 Å². The van der Waals surface area contributed by atoms with E-state index in [2.05, 4.69) is 14.9 Å². The monoisotopic (exact) mass is 363 g/mol. The Balaban J connectivity index is 2.15. The van der Waals surface area contributed by atoms with E-state index in [1.165, 1.54) is 11.5 Å². The van der Waals surface area contributed by atoms with Gasteiger partial charge in [-0.2, -0.15) is 0 Å². The van der Waals surface area contributed by atoms with Crippen molar-refractivity contribution >= 4 is 16.9 Å². The number of aryl methyl sites for hydroxylation is 1. The average molecular weight is 363 g/mol. The smallest absolute Gasteiger partial charge is 0.329 e. The summed E-state index contributed by atoms with van der Waals surface area (Å²) >= 11 is 0. The van der Waals surface area contributed by atoms with Crippen LogP contribution in [-0.2, 0) is 23.1 Å². The Labute approximate surface area is 150 Å². The molecule has 2 aromatic heterocycles. The van der Waals surface area contributed by atoms with Gasteiger partial charge in [0, 0.05) is 20.1 Å². The predicted octanol–water partition coefficient (Wildman–Crippen LogP) is 0.183. The Morgan fingerprint density at radius 1 is 1.31 bits per heavy atom. The van der Waals surface area contributed by atoms with Crippen molar-refractivity contribution in [3.63, 3.8) is 0 Å². The maximum Gasteiger partial charge on any atom is 0.329 e. The van der Waals surface area contributed by atoms with Crippen LogP contribution in [0.2, 0.25) is 0 Å². The lowest BCUT2D eigenvalue weighted by Crippen LogP contribution is -2.45. The number of Topliss-reactive ketones (excluding diaryl/α,β-unsaturated/α-hetero) is 1. The first-order valence-electron chi connectivity index (χ1n) is 8.77. The van der Waals surface area contributed by atoms with E-state index in [1.807, 2.05) is 13.8 Å². The highest BCUT2D eigenvalue weighted by atomic mass is 16.5. The first-order chi connectivity index (χ1) is 12.2. The van der Waals surface area contributed by atoms with Gasteiger partial charge in [0.05, 0.1) is 24.8 Å². The fourth-order valence-corrected chi connectivity index (χ4v) is 3.57. The summed E-state index contributed by atoms with van der Waals surface area (Å²) in [5.41, 5.74) is -0.517. The Bertz CT molecular complexity index is 946. The van der Waals surface area contributed by atoms with Crippen LogP contribution in [0.5, 0.6) is 0 Å². The van der Waals surface area contributed by atoms with E-state index in [9.17, 15) is 14.4 Å². The van der Waals surface area contributed by atoms with Crippen molar-refractivity contribution in [3.8, 4) is 0 Å². The van der Waals surface area contributed by atoms with Gasteiger partial charge in [0.25, 0.3) is 5.56 Å². The lowest BCUT2D eigenvalue weighted by Gasteiger charge is -2.35. The zero-order chi connectivity index (χ0) is 19.2. The summed E-state index contributed by atoms with van der Waals surface area (Å²) in [6, 6.07) is -0.551. The molecule has 3 heterocycles. The zero-order valence-corrected chi connectivity index (χ0v) is 15.8. The molecule has 3 atom stereocenters.